The maximum absolute atomic E-state index is 14.2. The molecule has 0 aliphatic carbocycles. The van der Waals surface area contributed by atoms with E-state index < -0.39 is 42.4 Å². The summed E-state index contributed by atoms with van der Waals surface area (Å²) in [5.74, 6) is -0.407. The van der Waals surface area contributed by atoms with Gasteiger partial charge in [0.05, 0.1) is 11.5 Å². The molecule has 0 saturated carbocycles. The number of ether oxygens (including phenoxy) is 1. The SMILES string of the molecule is CCOc1ccc(S(=O)(=O)C(CNS(=O)(=O)c2cc(C)ccc2F)c2cccnc2)cc1. The van der Waals surface area contributed by atoms with Crippen LogP contribution in [-0.2, 0) is 19.9 Å². The second-order valence-electron chi connectivity index (χ2n) is 7.01. The molecule has 0 aliphatic rings. The normalized spacial score (nSPS) is 13.0. The van der Waals surface area contributed by atoms with Gasteiger partial charge in [0.2, 0.25) is 10.0 Å². The number of nitrogens with one attached hydrogen (secondary N) is 1. The van der Waals surface area contributed by atoms with Crippen molar-refractivity contribution in [1.29, 1.82) is 0 Å². The molecule has 1 heterocycles. The van der Waals surface area contributed by atoms with E-state index in [0.717, 1.165) is 6.07 Å². The molecule has 0 radical (unpaired) electrons. The highest BCUT2D eigenvalue weighted by Gasteiger charge is 2.31. The van der Waals surface area contributed by atoms with Gasteiger partial charge in [-0.15, -0.1) is 0 Å². The fourth-order valence-corrected chi connectivity index (χ4v) is 6.07. The van der Waals surface area contributed by atoms with Gasteiger partial charge in [0.15, 0.2) is 9.84 Å². The molecule has 10 heteroatoms. The van der Waals surface area contributed by atoms with Crippen LogP contribution in [0.5, 0.6) is 5.75 Å². The summed E-state index contributed by atoms with van der Waals surface area (Å²) < 4.78 is 74.0. The Morgan fingerprint density at radius 1 is 1.06 bits per heavy atom. The highest BCUT2D eigenvalue weighted by atomic mass is 32.2. The second kappa shape index (κ2) is 9.76. The molecule has 32 heavy (non-hydrogen) atoms. The number of benzene rings is 2. The first-order valence-corrected chi connectivity index (χ1v) is 12.8. The van der Waals surface area contributed by atoms with Gasteiger partial charge in [0, 0.05) is 18.9 Å². The van der Waals surface area contributed by atoms with Gasteiger partial charge in [0.1, 0.15) is 21.7 Å². The van der Waals surface area contributed by atoms with E-state index >= 15 is 0 Å². The van der Waals surface area contributed by atoms with E-state index in [1.54, 1.807) is 19.1 Å². The Hall–Kier alpha value is -2.82. The van der Waals surface area contributed by atoms with Gasteiger partial charge >= 0.3 is 0 Å². The average molecular weight is 479 g/mol. The number of aryl methyl sites for hydroxylation is 1. The van der Waals surface area contributed by atoms with Crippen LogP contribution in [0.1, 0.15) is 23.3 Å². The molecular formula is C22H23FN2O5S2. The number of sulfonamides is 1. The van der Waals surface area contributed by atoms with Crippen molar-refractivity contribution in [2.45, 2.75) is 28.9 Å². The van der Waals surface area contributed by atoms with Crippen LogP contribution in [0.15, 0.2) is 76.8 Å². The molecule has 170 valence electrons. The van der Waals surface area contributed by atoms with E-state index in [0.29, 0.717) is 23.5 Å². The fraction of sp³-hybridized carbons (Fsp3) is 0.227. The van der Waals surface area contributed by atoms with Crippen LogP contribution in [0.2, 0.25) is 0 Å². The fourth-order valence-electron chi connectivity index (χ4n) is 3.11. The quantitative estimate of drug-likeness (QED) is 0.506. The van der Waals surface area contributed by atoms with Crippen molar-refractivity contribution in [3.8, 4) is 5.75 Å². The van der Waals surface area contributed by atoms with Crippen LogP contribution < -0.4 is 9.46 Å². The maximum atomic E-state index is 14.2. The van der Waals surface area contributed by atoms with Crippen molar-refractivity contribution in [2.24, 2.45) is 0 Å². The van der Waals surface area contributed by atoms with Gasteiger partial charge in [-0.2, -0.15) is 0 Å². The van der Waals surface area contributed by atoms with Crippen molar-refractivity contribution in [1.82, 2.24) is 9.71 Å². The van der Waals surface area contributed by atoms with Crippen LogP contribution in [0.3, 0.4) is 0 Å². The van der Waals surface area contributed by atoms with Crippen LogP contribution in [0, 0.1) is 12.7 Å². The number of nitrogens with zero attached hydrogens (tertiary/aromatic N) is 1. The smallest absolute Gasteiger partial charge is 0.243 e. The third-order valence-electron chi connectivity index (χ3n) is 4.73. The van der Waals surface area contributed by atoms with Crippen LogP contribution in [0.4, 0.5) is 4.39 Å². The molecule has 0 saturated heterocycles. The number of sulfone groups is 1. The summed E-state index contributed by atoms with van der Waals surface area (Å²) >= 11 is 0. The lowest BCUT2D eigenvalue weighted by Crippen LogP contribution is -2.32. The predicted molar refractivity (Wildman–Crippen MR) is 118 cm³/mol. The molecule has 0 bridgehead atoms. The van der Waals surface area contributed by atoms with E-state index in [2.05, 4.69) is 9.71 Å². The third-order valence-corrected chi connectivity index (χ3v) is 8.28. The van der Waals surface area contributed by atoms with Crippen molar-refractivity contribution in [3.63, 3.8) is 0 Å². The first-order chi connectivity index (χ1) is 15.1. The van der Waals surface area contributed by atoms with E-state index in [-0.39, 0.29) is 4.90 Å². The van der Waals surface area contributed by atoms with Gasteiger partial charge in [-0.3, -0.25) is 4.98 Å². The van der Waals surface area contributed by atoms with Crippen molar-refractivity contribution in [3.05, 3.63) is 83.9 Å². The van der Waals surface area contributed by atoms with Crippen LogP contribution in [-0.4, -0.2) is 35.0 Å². The first-order valence-electron chi connectivity index (χ1n) is 9.77. The van der Waals surface area contributed by atoms with Gasteiger partial charge in [-0.1, -0.05) is 12.1 Å². The molecule has 1 aromatic heterocycles. The van der Waals surface area contributed by atoms with Crippen molar-refractivity contribution < 1.29 is 26.0 Å². The number of pyridine rings is 1. The number of hydrogen-bond donors (Lipinski definition) is 1. The van der Waals surface area contributed by atoms with Crippen molar-refractivity contribution >= 4 is 19.9 Å². The summed E-state index contributed by atoms with van der Waals surface area (Å²) in [4.78, 5) is 3.41. The lowest BCUT2D eigenvalue weighted by molar-refractivity contribution is 0.340. The van der Waals surface area contributed by atoms with Crippen molar-refractivity contribution in [2.75, 3.05) is 13.2 Å². The molecule has 1 N–H and O–H groups in total. The zero-order valence-corrected chi connectivity index (χ0v) is 19.2. The van der Waals surface area contributed by atoms with Gasteiger partial charge in [-0.25, -0.2) is 25.9 Å². The predicted octanol–water partition coefficient (Wildman–Crippen LogP) is 3.42. The Balaban J connectivity index is 1.96. The minimum atomic E-state index is -4.30. The lowest BCUT2D eigenvalue weighted by atomic mass is 10.2. The first kappa shape index (κ1) is 23.8. The Morgan fingerprint density at radius 3 is 2.41 bits per heavy atom. The molecular weight excluding hydrogens is 455 g/mol. The molecule has 1 atom stereocenters. The molecule has 0 spiro atoms. The maximum Gasteiger partial charge on any atom is 0.243 e. The monoisotopic (exact) mass is 478 g/mol. The summed E-state index contributed by atoms with van der Waals surface area (Å²) in [7, 11) is -8.33. The summed E-state index contributed by atoms with van der Waals surface area (Å²) in [6.45, 7) is 3.37. The van der Waals surface area contributed by atoms with Crippen LogP contribution >= 0.6 is 0 Å². The zero-order valence-electron chi connectivity index (χ0n) is 17.5. The molecule has 1 unspecified atom stereocenters. The third kappa shape index (κ3) is 5.32. The molecule has 3 rings (SSSR count). The Kier molecular flexibility index (Phi) is 7.27. The molecule has 7 nitrogen and oxygen atoms in total. The summed E-state index contributed by atoms with van der Waals surface area (Å²) in [5, 5.41) is -1.28. The molecule has 3 aromatic rings. The van der Waals surface area contributed by atoms with E-state index in [1.165, 1.54) is 48.8 Å². The zero-order chi connectivity index (χ0) is 23.4. The molecule has 0 aliphatic heterocycles. The number of rotatable bonds is 9. The highest BCUT2D eigenvalue weighted by molar-refractivity contribution is 7.92. The van der Waals surface area contributed by atoms with E-state index in [9.17, 15) is 21.2 Å². The molecule has 0 fully saturated rings. The average Bonchev–Trinajstić information content (AvgIpc) is 2.76. The Labute approximate surface area is 187 Å². The largest absolute Gasteiger partial charge is 0.494 e. The summed E-state index contributed by atoms with van der Waals surface area (Å²) in [6.07, 6.45) is 2.84. The number of aromatic nitrogens is 1. The Morgan fingerprint density at radius 2 is 1.78 bits per heavy atom. The standard InChI is InChI=1S/C22H23FN2O5S2/c1-3-30-18-7-9-19(10-8-18)31(26,27)22(17-5-4-12-24-14-17)15-25-32(28,29)21-13-16(2)6-11-20(21)23/h4-14,22,25H,3,15H2,1-2H3. The lowest BCUT2D eigenvalue weighted by Gasteiger charge is -2.19. The van der Waals surface area contributed by atoms with Crippen LogP contribution in [0.25, 0.3) is 0 Å². The molecule has 0 amide bonds. The van der Waals surface area contributed by atoms with Gasteiger partial charge in [0.25, 0.3) is 0 Å². The highest BCUT2D eigenvalue weighted by Crippen LogP contribution is 2.30. The number of halogens is 1. The minimum Gasteiger partial charge on any atom is -0.494 e. The summed E-state index contributed by atoms with van der Waals surface area (Å²) in [6, 6.07) is 12.7. The van der Waals surface area contributed by atoms with Gasteiger partial charge < -0.3 is 4.74 Å². The molecule has 2 aromatic carbocycles. The summed E-state index contributed by atoms with van der Waals surface area (Å²) in [5.41, 5.74) is 0.853. The van der Waals surface area contributed by atoms with Gasteiger partial charge in [-0.05, 0) is 67.4 Å². The Bertz CT molecular complexity index is 1280. The topological polar surface area (TPSA) is 102 Å². The van der Waals surface area contributed by atoms with E-state index in [1.807, 2.05) is 6.92 Å². The van der Waals surface area contributed by atoms with E-state index in [4.69, 9.17) is 4.74 Å². The number of hydrogen-bond acceptors (Lipinski definition) is 6. The second-order valence-corrected chi connectivity index (χ2v) is 10.9. The minimum absolute atomic E-state index is 0.00394.